The molecule has 1 unspecified atom stereocenters. The van der Waals surface area contributed by atoms with Crippen LogP contribution in [0.3, 0.4) is 0 Å². The van der Waals surface area contributed by atoms with Gasteiger partial charge in [0, 0.05) is 35.5 Å². The number of nitrogens with two attached hydrogens (primary N) is 1. The summed E-state index contributed by atoms with van der Waals surface area (Å²) in [7, 11) is 1.65. The Morgan fingerprint density at radius 3 is 2.28 bits per heavy atom. The van der Waals surface area contributed by atoms with Crippen molar-refractivity contribution in [3.63, 3.8) is 0 Å². The molecular formula is C25H34N8O5S. The summed E-state index contributed by atoms with van der Waals surface area (Å²) in [5.74, 6) is -2.89. The first-order valence-electron chi connectivity index (χ1n) is 12.3. The lowest BCUT2D eigenvalue weighted by atomic mass is 10.0. The van der Waals surface area contributed by atoms with Crippen LogP contribution in [0.4, 0.5) is 0 Å². The molecule has 9 N–H and O–H groups in total. The van der Waals surface area contributed by atoms with E-state index < -0.39 is 53.9 Å². The van der Waals surface area contributed by atoms with E-state index in [0.717, 1.165) is 16.5 Å². The van der Waals surface area contributed by atoms with Gasteiger partial charge in [0.2, 0.25) is 23.6 Å². The van der Waals surface area contributed by atoms with Gasteiger partial charge in [-0.25, -0.2) is 4.98 Å². The van der Waals surface area contributed by atoms with Crippen molar-refractivity contribution in [2.45, 2.75) is 50.0 Å². The highest BCUT2D eigenvalue weighted by molar-refractivity contribution is 7.80. The van der Waals surface area contributed by atoms with Crippen LogP contribution in [-0.2, 0) is 32.0 Å². The first-order valence-corrected chi connectivity index (χ1v) is 13.0. The average molecular weight is 559 g/mol. The normalized spacial score (nSPS) is 15.1. The Hall–Kier alpha value is -3.88. The lowest BCUT2D eigenvalue weighted by Gasteiger charge is -2.25. The van der Waals surface area contributed by atoms with Gasteiger partial charge in [-0.05, 0) is 32.0 Å². The van der Waals surface area contributed by atoms with Gasteiger partial charge in [0.15, 0.2) is 0 Å². The van der Waals surface area contributed by atoms with Gasteiger partial charge in [-0.3, -0.25) is 19.2 Å². The second kappa shape index (κ2) is 13.8. The van der Waals surface area contributed by atoms with Gasteiger partial charge >= 0.3 is 0 Å². The molecule has 0 aliphatic rings. The number of aromatic nitrogens is 3. The summed E-state index contributed by atoms with van der Waals surface area (Å²) in [5.41, 5.74) is 7.64. The van der Waals surface area contributed by atoms with Crippen LogP contribution in [0, 0.1) is 0 Å². The minimum atomic E-state index is -1.35. The molecule has 0 fully saturated rings. The van der Waals surface area contributed by atoms with E-state index >= 15 is 0 Å². The van der Waals surface area contributed by atoms with Gasteiger partial charge in [-0.1, -0.05) is 18.2 Å². The maximum atomic E-state index is 13.3. The predicted octanol–water partition coefficient (Wildman–Crippen LogP) is -1.49. The van der Waals surface area contributed by atoms with Crippen molar-refractivity contribution < 1.29 is 24.3 Å². The van der Waals surface area contributed by atoms with Crippen LogP contribution in [-0.4, -0.2) is 86.8 Å². The van der Waals surface area contributed by atoms with E-state index in [-0.39, 0.29) is 12.2 Å². The molecule has 14 heteroatoms. The summed E-state index contributed by atoms with van der Waals surface area (Å²) < 4.78 is 0. The lowest BCUT2D eigenvalue weighted by molar-refractivity contribution is -0.134. The number of carbonyl (C=O) groups excluding carboxylic acids is 4. The molecule has 3 rings (SSSR count). The van der Waals surface area contributed by atoms with E-state index in [9.17, 15) is 24.3 Å². The van der Waals surface area contributed by atoms with Gasteiger partial charge in [-0.2, -0.15) is 12.6 Å². The maximum absolute atomic E-state index is 13.3. The zero-order valence-electron chi connectivity index (χ0n) is 21.6. The van der Waals surface area contributed by atoms with Crippen LogP contribution in [0.2, 0.25) is 0 Å². The molecule has 13 nitrogen and oxygen atoms in total. The van der Waals surface area contributed by atoms with Crippen LogP contribution in [0.1, 0.15) is 18.2 Å². The summed E-state index contributed by atoms with van der Waals surface area (Å²) in [6.07, 6.45) is 4.05. The zero-order chi connectivity index (χ0) is 28.5. The molecule has 39 heavy (non-hydrogen) atoms. The summed E-state index contributed by atoms with van der Waals surface area (Å²) in [4.78, 5) is 61.0. The number of fused-ring (bicyclic) bond motifs is 1. The molecule has 0 saturated carbocycles. The summed E-state index contributed by atoms with van der Waals surface area (Å²) >= 11 is 4.14. The van der Waals surface area contributed by atoms with Crippen molar-refractivity contribution in [1.82, 2.24) is 36.2 Å². The molecule has 0 aliphatic carbocycles. The number of rotatable bonds is 14. The van der Waals surface area contributed by atoms with E-state index in [1.165, 1.54) is 13.3 Å². The number of primary amides is 1. The summed E-state index contributed by atoms with van der Waals surface area (Å²) in [6.45, 7) is 1.30. The summed E-state index contributed by atoms with van der Waals surface area (Å²) in [5, 5.41) is 21.4. The molecule has 0 bridgehead atoms. The number of carbonyl (C=O) groups is 4. The number of imidazole rings is 1. The second-order valence-electron chi connectivity index (χ2n) is 9.10. The Balaban J connectivity index is 1.74. The van der Waals surface area contributed by atoms with Crippen LogP contribution < -0.4 is 27.0 Å². The Labute approximate surface area is 230 Å². The molecule has 0 radical (unpaired) electrons. The number of thiol groups is 1. The zero-order valence-corrected chi connectivity index (χ0v) is 22.5. The van der Waals surface area contributed by atoms with Crippen molar-refractivity contribution in [2.24, 2.45) is 5.73 Å². The third-order valence-electron chi connectivity index (χ3n) is 6.27. The van der Waals surface area contributed by atoms with Gasteiger partial charge in [0.1, 0.15) is 18.1 Å². The Morgan fingerprint density at radius 1 is 1.00 bits per heavy atom. The Bertz CT molecular complexity index is 1280. The van der Waals surface area contributed by atoms with Crippen molar-refractivity contribution in [3.05, 3.63) is 54.2 Å². The average Bonchev–Trinajstić information content (AvgIpc) is 3.57. The monoisotopic (exact) mass is 558 g/mol. The number of amides is 4. The number of hydrogen-bond donors (Lipinski definition) is 9. The Morgan fingerprint density at radius 2 is 1.67 bits per heavy atom. The first kappa shape index (κ1) is 29.7. The van der Waals surface area contributed by atoms with Crippen LogP contribution >= 0.6 is 12.6 Å². The molecule has 0 spiro atoms. The number of nitrogens with one attached hydrogen (secondary N) is 6. The van der Waals surface area contributed by atoms with E-state index in [1.807, 2.05) is 30.5 Å². The minimum Gasteiger partial charge on any atom is -0.391 e. The summed E-state index contributed by atoms with van der Waals surface area (Å²) in [6, 6.07) is 3.47. The second-order valence-corrected chi connectivity index (χ2v) is 9.47. The number of nitrogens with zero attached hydrogens (tertiary/aromatic N) is 1. The van der Waals surface area contributed by atoms with Crippen LogP contribution in [0.5, 0.6) is 0 Å². The highest BCUT2D eigenvalue weighted by atomic mass is 32.1. The topological polar surface area (TPSA) is 207 Å². The lowest BCUT2D eigenvalue weighted by Crippen LogP contribution is -2.60. The number of H-pyrrole nitrogens is 2. The van der Waals surface area contributed by atoms with E-state index in [0.29, 0.717) is 12.1 Å². The third kappa shape index (κ3) is 7.81. The molecular weight excluding hydrogens is 524 g/mol. The SMILES string of the molecule is CN[C@@H](Cc1c[nH]c2ccccc12)C(=O)N[C@@H](Cc1c[nH]cn1)C(=O)N[C@@H](CS)C(=O)N[C@H](C(N)=O)C(C)O. The molecule has 0 aliphatic heterocycles. The van der Waals surface area contributed by atoms with Gasteiger partial charge in [-0.15, -0.1) is 0 Å². The standard InChI is InChI=1S/C25H34N8O5S/c1-13(34)21(22(26)35)33-25(38)20(11-39)32-24(37)19(8-15-10-28-12-30-15)31-23(36)18(27-2)7-14-9-29-17-6-4-3-5-16(14)17/h3-6,9-10,12-13,18-21,27,29,34,39H,7-8,11H2,1-2H3,(H2,26,35)(H,28,30)(H,31,36)(H,32,37)(H,33,38)/t13?,18-,19-,20-,21-/m0/s1. The number of para-hydroxylation sites is 1. The van der Waals surface area contributed by atoms with E-state index in [1.54, 1.807) is 13.2 Å². The van der Waals surface area contributed by atoms with Gasteiger partial charge in [0.25, 0.3) is 0 Å². The van der Waals surface area contributed by atoms with Crippen molar-refractivity contribution in [1.29, 1.82) is 0 Å². The number of benzene rings is 1. The molecule has 210 valence electrons. The number of aromatic amines is 2. The van der Waals surface area contributed by atoms with Crippen molar-refractivity contribution in [2.75, 3.05) is 12.8 Å². The molecule has 1 aromatic carbocycles. The third-order valence-corrected chi connectivity index (χ3v) is 6.63. The van der Waals surface area contributed by atoms with Crippen molar-refractivity contribution in [3.8, 4) is 0 Å². The van der Waals surface area contributed by atoms with E-state index in [4.69, 9.17) is 5.73 Å². The molecule has 0 saturated heterocycles. The molecule has 4 amide bonds. The number of aliphatic hydroxyl groups is 1. The fraction of sp³-hybridized carbons (Fsp3) is 0.400. The predicted molar refractivity (Wildman–Crippen MR) is 148 cm³/mol. The molecule has 2 heterocycles. The number of likely N-dealkylation sites (N-methyl/N-ethyl adjacent to an activating group) is 1. The fourth-order valence-electron chi connectivity index (χ4n) is 4.09. The van der Waals surface area contributed by atoms with E-state index in [2.05, 4.69) is 48.8 Å². The quantitative estimate of drug-likeness (QED) is 0.107. The first-order chi connectivity index (χ1) is 18.6. The maximum Gasteiger partial charge on any atom is 0.244 e. The smallest absolute Gasteiger partial charge is 0.244 e. The van der Waals surface area contributed by atoms with Gasteiger partial charge in [0.05, 0.1) is 24.2 Å². The molecule has 5 atom stereocenters. The van der Waals surface area contributed by atoms with Crippen LogP contribution in [0.15, 0.2) is 43.0 Å². The molecule has 3 aromatic rings. The number of aliphatic hydroxyl groups excluding tert-OH is 1. The fourth-order valence-corrected chi connectivity index (χ4v) is 4.35. The van der Waals surface area contributed by atoms with Crippen LogP contribution in [0.25, 0.3) is 10.9 Å². The van der Waals surface area contributed by atoms with Gasteiger partial charge < -0.3 is 42.1 Å². The Kier molecular flexibility index (Phi) is 10.5. The minimum absolute atomic E-state index is 0.0447. The van der Waals surface area contributed by atoms with Crippen molar-refractivity contribution >= 4 is 47.2 Å². The molecule has 2 aromatic heterocycles. The largest absolute Gasteiger partial charge is 0.391 e. The highest BCUT2D eigenvalue weighted by Crippen LogP contribution is 2.19. The number of hydrogen-bond acceptors (Lipinski definition) is 8. The highest BCUT2D eigenvalue weighted by Gasteiger charge is 2.31.